The topological polar surface area (TPSA) is 102 Å². The maximum Gasteiger partial charge on any atom is 0.253 e. The van der Waals surface area contributed by atoms with Gasteiger partial charge in [0.2, 0.25) is 10.0 Å². The predicted octanol–water partition coefficient (Wildman–Crippen LogP) is 2.11. The predicted molar refractivity (Wildman–Crippen MR) is 101 cm³/mol. The molecule has 0 fully saturated rings. The second kappa shape index (κ2) is 7.94. The number of benzene rings is 2. The Kier molecular flexibility index (Phi) is 6.12. The van der Waals surface area contributed by atoms with Crippen LogP contribution in [-0.4, -0.2) is 39.8 Å². The van der Waals surface area contributed by atoms with Crippen molar-refractivity contribution in [3.8, 4) is 5.75 Å². The highest BCUT2D eigenvalue weighted by Gasteiger charge is 2.20. The van der Waals surface area contributed by atoms with Crippen molar-refractivity contribution >= 4 is 33.2 Å². The van der Waals surface area contributed by atoms with E-state index >= 15 is 0 Å². The van der Waals surface area contributed by atoms with Gasteiger partial charge in [-0.3, -0.25) is 4.79 Å². The van der Waals surface area contributed by atoms with Crippen LogP contribution in [0.15, 0.2) is 41.3 Å². The second-order valence-corrected chi connectivity index (χ2v) is 8.25. The fraction of sp³-hybridized carbons (Fsp3) is 0.235. The van der Waals surface area contributed by atoms with Gasteiger partial charge in [-0.1, -0.05) is 17.7 Å². The van der Waals surface area contributed by atoms with Crippen molar-refractivity contribution < 1.29 is 17.9 Å². The molecular formula is C17H20ClN3O4S. The summed E-state index contributed by atoms with van der Waals surface area (Å²) in [6, 6.07) is 9.17. The highest BCUT2D eigenvalue weighted by Crippen LogP contribution is 2.25. The van der Waals surface area contributed by atoms with E-state index in [1.54, 1.807) is 18.2 Å². The largest absolute Gasteiger partial charge is 0.495 e. The standard InChI is InChI=1S/C17H20ClN3O4S/c1-21(2)26(23,24)12-5-6-15(19)13(9-12)17(22)20-10-11-4-7-16(25-3)14(18)8-11/h4-9H,10,19H2,1-3H3,(H,20,22). The van der Waals surface area contributed by atoms with Gasteiger partial charge in [0, 0.05) is 26.3 Å². The average Bonchev–Trinajstić information content (AvgIpc) is 2.59. The first-order valence-electron chi connectivity index (χ1n) is 7.59. The maximum absolute atomic E-state index is 12.4. The molecule has 0 heterocycles. The smallest absolute Gasteiger partial charge is 0.253 e. The first-order valence-corrected chi connectivity index (χ1v) is 9.41. The maximum atomic E-state index is 12.4. The monoisotopic (exact) mass is 397 g/mol. The Morgan fingerprint density at radius 1 is 1.23 bits per heavy atom. The van der Waals surface area contributed by atoms with Gasteiger partial charge in [0.15, 0.2) is 0 Å². The van der Waals surface area contributed by atoms with Crippen LogP contribution in [0.25, 0.3) is 0 Å². The molecule has 0 saturated carbocycles. The Morgan fingerprint density at radius 3 is 2.50 bits per heavy atom. The number of rotatable bonds is 6. The van der Waals surface area contributed by atoms with Gasteiger partial charge in [0.25, 0.3) is 5.91 Å². The van der Waals surface area contributed by atoms with Crippen LogP contribution < -0.4 is 15.8 Å². The number of halogens is 1. The van der Waals surface area contributed by atoms with E-state index in [2.05, 4.69) is 5.32 Å². The molecule has 0 aliphatic heterocycles. The molecule has 26 heavy (non-hydrogen) atoms. The zero-order chi connectivity index (χ0) is 19.5. The summed E-state index contributed by atoms with van der Waals surface area (Å²) < 4.78 is 30.6. The molecule has 2 rings (SSSR count). The van der Waals surface area contributed by atoms with Gasteiger partial charge in [-0.2, -0.15) is 0 Å². The molecule has 3 N–H and O–H groups in total. The van der Waals surface area contributed by atoms with E-state index < -0.39 is 15.9 Å². The Labute approximate surface area is 157 Å². The number of nitrogens with zero attached hydrogens (tertiary/aromatic N) is 1. The summed E-state index contributed by atoms with van der Waals surface area (Å²) in [5, 5.41) is 3.13. The summed E-state index contributed by atoms with van der Waals surface area (Å²) in [4.78, 5) is 12.4. The van der Waals surface area contributed by atoms with Crippen LogP contribution in [0.3, 0.4) is 0 Å². The minimum absolute atomic E-state index is 0.00524. The minimum atomic E-state index is -3.66. The third-order valence-electron chi connectivity index (χ3n) is 3.72. The second-order valence-electron chi connectivity index (χ2n) is 5.69. The molecule has 1 amide bonds. The Morgan fingerprint density at radius 2 is 1.92 bits per heavy atom. The zero-order valence-corrected chi connectivity index (χ0v) is 16.2. The van der Waals surface area contributed by atoms with Crippen LogP contribution >= 0.6 is 11.6 Å². The fourth-order valence-corrected chi connectivity index (χ4v) is 3.41. The minimum Gasteiger partial charge on any atom is -0.495 e. The van der Waals surface area contributed by atoms with E-state index in [4.69, 9.17) is 22.1 Å². The van der Waals surface area contributed by atoms with Crippen LogP contribution in [0, 0.1) is 0 Å². The number of ether oxygens (including phenoxy) is 1. The van der Waals surface area contributed by atoms with Crippen molar-refractivity contribution in [1.29, 1.82) is 0 Å². The fourth-order valence-electron chi connectivity index (χ4n) is 2.20. The molecule has 9 heteroatoms. The number of methoxy groups -OCH3 is 1. The van der Waals surface area contributed by atoms with E-state index in [0.717, 1.165) is 9.87 Å². The molecule has 0 bridgehead atoms. The van der Waals surface area contributed by atoms with E-state index in [1.807, 2.05) is 0 Å². The van der Waals surface area contributed by atoms with Crippen molar-refractivity contribution in [2.24, 2.45) is 0 Å². The van der Waals surface area contributed by atoms with E-state index in [-0.39, 0.29) is 22.7 Å². The molecule has 0 aromatic heterocycles. The van der Waals surface area contributed by atoms with Crippen molar-refractivity contribution in [3.05, 3.63) is 52.5 Å². The lowest BCUT2D eigenvalue weighted by Gasteiger charge is -2.14. The highest BCUT2D eigenvalue weighted by atomic mass is 35.5. The first kappa shape index (κ1) is 20.0. The molecule has 2 aromatic rings. The van der Waals surface area contributed by atoms with Crippen LogP contribution in [-0.2, 0) is 16.6 Å². The molecule has 0 spiro atoms. The number of carbonyl (C=O) groups is 1. The molecule has 0 atom stereocenters. The number of hydrogen-bond donors (Lipinski definition) is 2. The zero-order valence-electron chi connectivity index (χ0n) is 14.6. The number of anilines is 1. The first-order chi connectivity index (χ1) is 12.2. The molecule has 140 valence electrons. The number of nitrogen functional groups attached to an aromatic ring is 1. The molecule has 0 radical (unpaired) electrons. The van der Waals surface area contributed by atoms with Gasteiger partial charge in [-0.25, -0.2) is 12.7 Å². The molecule has 0 aliphatic rings. The van der Waals surface area contributed by atoms with E-state index in [0.29, 0.717) is 10.8 Å². The summed E-state index contributed by atoms with van der Waals surface area (Å²) in [6.45, 7) is 0.201. The van der Waals surface area contributed by atoms with E-state index in [9.17, 15) is 13.2 Å². The van der Waals surface area contributed by atoms with Gasteiger partial charge in [0.05, 0.1) is 22.6 Å². The highest BCUT2D eigenvalue weighted by molar-refractivity contribution is 7.89. The van der Waals surface area contributed by atoms with Crippen molar-refractivity contribution in [2.45, 2.75) is 11.4 Å². The van der Waals surface area contributed by atoms with Crippen LogP contribution in [0.2, 0.25) is 5.02 Å². The van der Waals surface area contributed by atoms with Gasteiger partial charge in [-0.05, 0) is 35.9 Å². The van der Waals surface area contributed by atoms with Gasteiger partial charge >= 0.3 is 0 Å². The summed E-state index contributed by atoms with van der Waals surface area (Å²) in [5.41, 5.74) is 6.88. The number of sulfonamides is 1. The van der Waals surface area contributed by atoms with Crippen molar-refractivity contribution in [2.75, 3.05) is 26.9 Å². The van der Waals surface area contributed by atoms with Crippen molar-refractivity contribution in [1.82, 2.24) is 9.62 Å². The average molecular weight is 398 g/mol. The molecular weight excluding hydrogens is 378 g/mol. The molecule has 0 saturated heterocycles. The van der Waals surface area contributed by atoms with Gasteiger partial charge < -0.3 is 15.8 Å². The number of amides is 1. The lowest BCUT2D eigenvalue weighted by molar-refractivity contribution is 0.0951. The number of hydrogen-bond acceptors (Lipinski definition) is 5. The molecule has 7 nitrogen and oxygen atoms in total. The molecule has 0 aliphatic carbocycles. The van der Waals surface area contributed by atoms with Gasteiger partial charge in [-0.15, -0.1) is 0 Å². The van der Waals surface area contributed by atoms with Crippen LogP contribution in [0.5, 0.6) is 5.75 Å². The van der Waals surface area contributed by atoms with Gasteiger partial charge in [0.1, 0.15) is 5.75 Å². The molecule has 2 aromatic carbocycles. The van der Waals surface area contributed by atoms with Crippen LogP contribution in [0.1, 0.15) is 15.9 Å². The van der Waals surface area contributed by atoms with Crippen LogP contribution in [0.4, 0.5) is 5.69 Å². The Balaban J connectivity index is 2.21. The third kappa shape index (κ3) is 4.27. The van der Waals surface area contributed by atoms with E-state index in [1.165, 1.54) is 39.4 Å². The quantitative estimate of drug-likeness (QED) is 0.727. The number of nitrogens with two attached hydrogens (primary N) is 1. The lowest BCUT2D eigenvalue weighted by Crippen LogP contribution is -2.26. The van der Waals surface area contributed by atoms with Crippen molar-refractivity contribution in [3.63, 3.8) is 0 Å². The third-order valence-corrected chi connectivity index (χ3v) is 5.82. The normalized spacial score (nSPS) is 11.4. The molecule has 0 unspecified atom stereocenters. The summed E-state index contributed by atoms with van der Waals surface area (Å²) in [6.07, 6.45) is 0. The number of carbonyl (C=O) groups excluding carboxylic acids is 1. The summed E-state index contributed by atoms with van der Waals surface area (Å²) in [5.74, 6) is 0.0535. The SMILES string of the molecule is COc1ccc(CNC(=O)c2cc(S(=O)(=O)N(C)C)ccc2N)cc1Cl. The summed E-state index contributed by atoms with van der Waals surface area (Å²) >= 11 is 6.06. The number of nitrogens with one attached hydrogen (secondary N) is 1. The Hall–Kier alpha value is -2.29. The Bertz CT molecular complexity index is 930. The lowest BCUT2D eigenvalue weighted by atomic mass is 10.1. The summed E-state index contributed by atoms with van der Waals surface area (Å²) in [7, 11) is 0.681.